The van der Waals surface area contributed by atoms with Crippen LogP contribution >= 0.6 is 27.7 Å². The molecule has 0 radical (unpaired) electrons. The highest BCUT2D eigenvalue weighted by molar-refractivity contribution is 9.10. The van der Waals surface area contributed by atoms with Gasteiger partial charge in [0.2, 0.25) is 0 Å². The van der Waals surface area contributed by atoms with Crippen molar-refractivity contribution in [1.29, 1.82) is 5.26 Å². The fourth-order valence-corrected chi connectivity index (χ4v) is 2.68. The first kappa shape index (κ1) is 13.6. The van der Waals surface area contributed by atoms with Crippen molar-refractivity contribution in [2.75, 3.05) is 0 Å². The van der Waals surface area contributed by atoms with E-state index in [1.807, 2.05) is 12.1 Å². The Morgan fingerprint density at radius 1 is 1.21 bits per heavy atom. The molecule has 19 heavy (non-hydrogen) atoms. The van der Waals surface area contributed by atoms with E-state index in [-0.39, 0.29) is 5.69 Å². The highest BCUT2D eigenvalue weighted by Crippen LogP contribution is 2.32. The summed E-state index contributed by atoms with van der Waals surface area (Å²) in [5.74, 6) is 0. The first-order chi connectivity index (χ1) is 9.10. The van der Waals surface area contributed by atoms with Crippen molar-refractivity contribution in [2.45, 2.75) is 9.79 Å². The van der Waals surface area contributed by atoms with E-state index in [0.29, 0.717) is 5.56 Å². The van der Waals surface area contributed by atoms with Crippen molar-refractivity contribution < 1.29 is 4.92 Å². The number of halogens is 1. The summed E-state index contributed by atoms with van der Waals surface area (Å²) in [6.45, 7) is 0. The lowest BCUT2D eigenvalue weighted by Crippen LogP contribution is -1.87. The van der Waals surface area contributed by atoms with Gasteiger partial charge in [0, 0.05) is 26.4 Å². The molecule has 0 aliphatic rings. The molecule has 0 aromatic heterocycles. The molecule has 4 nitrogen and oxygen atoms in total. The molecule has 0 N–H and O–H groups in total. The smallest absolute Gasteiger partial charge is 0.258 e. The van der Waals surface area contributed by atoms with Gasteiger partial charge in [-0.2, -0.15) is 5.26 Å². The lowest BCUT2D eigenvalue weighted by Gasteiger charge is -2.04. The highest BCUT2D eigenvalue weighted by Gasteiger charge is 2.07. The van der Waals surface area contributed by atoms with E-state index in [4.69, 9.17) is 5.26 Å². The molecule has 0 saturated carbocycles. The monoisotopic (exact) mass is 334 g/mol. The van der Waals surface area contributed by atoms with Gasteiger partial charge in [-0.15, -0.1) is 0 Å². The van der Waals surface area contributed by atoms with Crippen LogP contribution in [0.1, 0.15) is 5.56 Å². The minimum absolute atomic E-state index is 0.0562. The van der Waals surface area contributed by atoms with Crippen molar-refractivity contribution in [1.82, 2.24) is 0 Å². The minimum Gasteiger partial charge on any atom is -0.258 e. The molecule has 0 bridgehead atoms. The molecule has 0 fully saturated rings. The van der Waals surface area contributed by atoms with Gasteiger partial charge >= 0.3 is 0 Å². The van der Waals surface area contributed by atoms with E-state index in [1.165, 1.54) is 23.9 Å². The average Bonchev–Trinajstić information content (AvgIpc) is 2.41. The van der Waals surface area contributed by atoms with Crippen LogP contribution in [0.5, 0.6) is 0 Å². The molecule has 0 aliphatic heterocycles. The lowest BCUT2D eigenvalue weighted by molar-refractivity contribution is -0.384. The predicted octanol–water partition coefficient (Wildman–Crippen LogP) is 4.38. The molecule has 0 amide bonds. The lowest BCUT2D eigenvalue weighted by atomic mass is 10.2. The fraction of sp³-hybridized carbons (Fsp3) is 0. The van der Waals surface area contributed by atoms with E-state index in [2.05, 4.69) is 22.0 Å². The Morgan fingerprint density at radius 3 is 2.47 bits per heavy atom. The number of hydrogen-bond acceptors (Lipinski definition) is 4. The third-order valence-electron chi connectivity index (χ3n) is 2.34. The van der Waals surface area contributed by atoms with Gasteiger partial charge < -0.3 is 0 Å². The zero-order valence-electron chi connectivity index (χ0n) is 9.54. The summed E-state index contributed by atoms with van der Waals surface area (Å²) >= 11 is 4.71. The molecule has 2 aromatic carbocycles. The molecule has 94 valence electrons. The van der Waals surface area contributed by atoms with Crippen LogP contribution in [-0.4, -0.2) is 4.92 Å². The Morgan fingerprint density at radius 2 is 1.89 bits per heavy atom. The quantitative estimate of drug-likeness (QED) is 0.617. The number of non-ortho nitro benzene ring substituents is 1. The first-order valence-corrected chi connectivity index (χ1v) is 6.83. The van der Waals surface area contributed by atoms with E-state index in [9.17, 15) is 10.1 Å². The molecular weight excluding hydrogens is 328 g/mol. The molecule has 0 saturated heterocycles. The molecule has 0 heterocycles. The molecule has 0 spiro atoms. The third kappa shape index (κ3) is 3.34. The molecular formula is C13H7BrN2O2S. The maximum Gasteiger partial charge on any atom is 0.269 e. The molecule has 0 atom stereocenters. The second-order valence-corrected chi connectivity index (χ2v) is 5.64. The van der Waals surface area contributed by atoms with E-state index in [0.717, 1.165) is 14.3 Å². The van der Waals surface area contributed by atoms with Crippen molar-refractivity contribution in [3.63, 3.8) is 0 Å². The third-order valence-corrected chi connectivity index (χ3v) is 3.91. The largest absolute Gasteiger partial charge is 0.269 e. The van der Waals surface area contributed by atoms with Crippen LogP contribution in [0.15, 0.2) is 56.7 Å². The van der Waals surface area contributed by atoms with Crippen LogP contribution < -0.4 is 0 Å². The van der Waals surface area contributed by atoms with Crippen molar-refractivity contribution in [2.24, 2.45) is 0 Å². The standard InChI is InChI=1S/C13H7BrN2O2S/c14-10-1-6-13(9(7-10)8-15)19-12-4-2-11(3-5-12)16(17)18/h1-7H. The Hall–Kier alpha value is -1.84. The second kappa shape index (κ2) is 5.87. The average molecular weight is 335 g/mol. The Bertz CT molecular complexity index is 665. The summed E-state index contributed by atoms with van der Waals surface area (Å²) in [5.41, 5.74) is 0.624. The van der Waals surface area contributed by atoms with Crippen molar-refractivity contribution in [3.05, 3.63) is 62.6 Å². The van der Waals surface area contributed by atoms with Crippen LogP contribution in [0, 0.1) is 21.4 Å². The summed E-state index contributed by atoms with van der Waals surface area (Å²) in [5, 5.41) is 19.6. The summed E-state index contributed by atoms with van der Waals surface area (Å²) < 4.78 is 0.845. The molecule has 2 aromatic rings. The number of nitro benzene ring substituents is 1. The van der Waals surface area contributed by atoms with Gasteiger partial charge in [-0.3, -0.25) is 10.1 Å². The summed E-state index contributed by atoms with van der Waals surface area (Å²) in [6.07, 6.45) is 0. The van der Waals surface area contributed by atoms with Crippen LogP contribution in [0.3, 0.4) is 0 Å². The van der Waals surface area contributed by atoms with E-state index >= 15 is 0 Å². The molecule has 2 rings (SSSR count). The van der Waals surface area contributed by atoms with Crippen LogP contribution in [-0.2, 0) is 0 Å². The number of hydrogen-bond donors (Lipinski definition) is 0. The Kier molecular flexibility index (Phi) is 4.20. The van der Waals surface area contributed by atoms with Crippen LogP contribution in [0.25, 0.3) is 0 Å². The Labute approximate surface area is 122 Å². The van der Waals surface area contributed by atoms with E-state index in [1.54, 1.807) is 18.2 Å². The van der Waals surface area contributed by atoms with Crippen molar-refractivity contribution in [3.8, 4) is 6.07 Å². The van der Waals surface area contributed by atoms with E-state index < -0.39 is 4.92 Å². The second-order valence-electron chi connectivity index (χ2n) is 3.61. The number of rotatable bonds is 3. The fourth-order valence-electron chi connectivity index (χ4n) is 1.44. The summed E-state index contributed by atoms with van der Waals surface area (Å²) in [4.78, 5) is 11.8. The van der Waals surface area contributed by atoms with Gasteiger partial charge in [0.05, 0.1) is 10.5 Å². The van der Waals surface area contributed by atoms with Crippen molar-refractivity contribution >= 4 is 33.4 Å². The first-order valence-electron chi connectivity index (χ1n) is 5.22. The topological polar surface area (TPSA) is 66.9 Å². The summed E-state index contributed by atoms with van der Waals surface area (Å²) in [7, 11) is 0. The number of nitriles is 1. The number of benzene rings is 2. The van der Waals surface area contributed by atoms with Gasteiger partial charge in [-0.1, -0.05) is 27.7 Å². The normalized spacial score (nSPS) is 9.89. The van der Waals surface area contributed by atoms with Gasteiger partial charge in [-0.25, -0.2) is 0 Å². The zero-order chi connectivity index (χ0) is 13.8. The Balaban J connectivity index is 2.26. The predicted molar refractivity (Wildman–Crippen MR) is 76.1 cm³/mol. The zero-order valence-corrected chi connectivity index (χ0v) is 11.9. The molecule has 0 unspecified atom stereocenters. The minimum atomic E-state index is -0.436. The van der Waals surface area contributed by atoms with Gasteiger partial charge in [0.25, 0.3) is 5.69 Å². The summed E-state index contributed by atoms with van der Waals surface area (Å²) in [6, 6.07) is 13.8. The molecule has 6 heteroatoms. The van der Waals surface area contributed by atoms with Crippen LogP contribution in [0.2, 0.25) is 0 Å². The maximum absolute atomic E-state index is 10.6. The van der Waals surface area contributed by atoms with Gasteiger partial charge in [-0.05, 0) is 30.3 Å². The van der Waals surface area contributed by atoms with Gasteiger partial charge in [0.15, 0.2) is 0 Å². The maximum atomic E-state index is 10.6. The number of nitro groups is 1. The number of nitrogens with zero attached hydrogens (tertiary/aromatic N) is 2. The SMILES string of the molecule is N#Cc1cc(Br)ccc1Sc1ccc([N+](=O)[O-])cc1. The van der Waals surface area contributed by atoms with Gasteiger partial charge in [0.1, 0.15) is 6.07 Å². The molecule has 0 aliphatic carbocycles. The van der Waals surface area contributed by atoms with Crippen LogP contribution in [0.4, 0.5) is 5.69 Å². The highest BCUT2D eigenvalue weighted by atomic mass is 79.9.